The Hall–Kier alpha value is -4.89. The fraction of sp³-hybridized carbons (Fsp3) is 0.350. The Morgan fingerprint density at radius 1 is 1.00 bits per heavy atom. The zero-order chi connectivity index (χ0) is 35.0. The van der Waals surface area contributed by atoms with Gasteiger partial charge < -0.3 is 24.3 Å². The van der Waals surface area contributed by atoms with Gasteiger partial charge in [-0.2, -0.15) is 0 Å². The van der Waals surface area contributed by atoms with Crippen molar-refractivity contribution in [1.29, 1.82) is 0 Å². The summed E-state index contributed by atoms with van der Waals surface area (Å²) in [6, 6.07) is 20.8. The normalized spacial score (nSPS) is 15.9. The number of nitrogens with zero attached hydrogens (tertiary/aromatic N) is 2. The summed E-state index contributed by atoms with van der Waals surface area (Å²) < 4.78 is 11.4. The van der Waals surface area contributed by atoms with Gasteiger partial charge in [0.05, 0.1) is 5.39 Å². The lowest BCUT2D eigenvalue weighted by Gasteiger charge is -2.36. The zero-order valence-electron chi connectivity index (χ0n) is 28.1. The van der Waals surface area contributed by atoms with Crippen molar-refractivity contribution in [3.8, 4) is 5.75 Å². The molecule has 1 aromatic heterocycles. The van der Waals surface area contributed by atoms with Crippen LogP contribution in [0.25, 0.3) is 11.0 Å². The number of likely N-dealkylation sites (tertiary alicyclic amines) is 2. The van der Waals surface area contributed by atoms with E-state index in [4.69, 9.17) is 20.8 Å². The SMILES string of the molecule is C=CCOc1ccc2oc(C(=O)N[C@H](CCc3ccc(Cl)cc3)C(=O)N3CCC(c4ccccc4CN4CCCCC4=O)CC3)cc(=O)c2c1. The summed E-state index contributed by atoms with van der Waals surface area (Å²) in [5, 5.41) is 3.78. The van der Waals surface area contributed by atoms with Crippen molar-refractivity contribution in [2.75, 3.05) is 26.2 Å². The van der Waals surface area contributed by atoms with Gasteiger partial charge in [0.2, 0.25) is 11.8 Å². The van der Waals surface area contributed by atoms with Gasteiger partial charge in [0.25, 0.3) is 5.91 Å². The van der Waals surface area contributed by atoms with Crippen LogP contribution in [0.4, 0.5) is 0 Å². The number of rotatable bonds is 12. The fourth-order valence-electron chi connectivity index (χ4n) is 6.88. The van der Waals surface area contributed by atoms with Crippen LogP contribution < -0.4 is 15.5 Å². The molecule has 0 bridgehead atoms. The number of piperidine rings is 2. The molecular weight excluding hydrogens is 654 g/mol. The number of ether oxygens (including phenoxy) is 1. The number of hydrogen-bond donors (Lipinski definition) is 1. The number of carbonyl (C=O) groups excluding carboxylic acids is 3. The predicted octanol–water partition coefficient (Wildman–Crippen LogP) is 6.66. The molecule has 3 amide bonds. The molecule has 50 heavy (non-hydrogen) atoms. The molecule has 6 rings (SSSR count). The molecule has 0 radical (unpaired) electrons. The summed E-state index contributed by atoms with van der Waals surface area (Å²) in [5.74, 6) is -0.0317. The van der Waals surface area contributed by atoms with E-state index < -0.39 is 17.4 Å². The highest BCUT2D eigenvalue weighted by molar-refractivity contribution is 6.30. The van der Waals surface area contributed by atoms with Gasteiger partial charge in [0.1, 0.15) is 24.0 Å². The highest BCUT2D eigenvalue weighted by Gasteiger charge is 2.31. The van der Waals surface area contributed by atoms with Crippen molar-refractivity contribution in [1.82, 2.24) is 15.1 Å². The lowest BCUT2D eigenvalue weighted by molar-refractivity contribution is -0.135. The molecule has 4 aromatic rings. The van der Waals surface area contributed by atoms with Crippen molar-refractivity contribution in [2.45, 2.75) is 63.5 Å². The maximum Gasteiger partial charge on any atom is 0.287 e. The summed E-state index contributed by atoms with van der Waals surface area (Å²) in [4.78, 5) is 57.0. The Labute approximate surface area is 296 Å². The van der Waals surface area contributed by atoms with Crippen molar-refractivity contribution in [3.63, 3.8) is 0 Å². The molecule has 260 valence electrons. The third kappa shape index (κ3) is 8.45. The number of hydrogen-bond acceptors (Lipinski definition) is 6. The second-order valence-corrected chi connectivity index (χ2v) is 13.4. The third-order valence-electron chi connectivity index (χ3n) is 9.61. The number of carbonyl (C=O) groups is 3. The molecule has 1 atom stereocenters. The largest absolute Gasteiger partial charge is 0.490 e. The number of fused-ring (bicyclic) bond motifs is 1. The van der Waals surface area contributed by atoms with E-state index in [1.807, 2.05) is 34.1 Å². The van der Waals surface area contributed by atoms with Crippen LogP contribution in [0.2, 0.25) is 5.02 Å². The maximum atomic E-state index is 14.1. The molecule has 2 saturated heterocycles. The Balaban J connectivity index is 1.16. The van der Waals surface area contributed by atoms with Gasteiger partial charge in [-0.05, 0) is 91.5 Å². The molecular formula is C40H42ClN3O6. The van der Waals surface area contributed by atoms with Gasteiger partial charge in [-0.1, -0.05) is 60.7 Å². The summed E-state index contributed by atoms with van der Waals surface area (Å²) >= 11 is 6.09. The quantitative estimate of drug-likeness (QED) is 0.166. The van der Waals surface area contributed by atoms with E-state index >= 15 is 0 Å². The number of halogens is 1. The van der Waals surface area contributed by atoms with Crippen molar-refractivity contribution >= 4 is 40.3 Å². The molecule has 2 aliphatic rings. The van der Waals surface area contributed by atoms with Gasteiger partial charge in [-0.25, -0.2) is 0 Å². The van der Waals surface area contributed by atoms with Crippen LogP contribution in [0.3, 0.4) is 0 Å². The number of amides is 3. The first-order chi connectivity index (χ1) is 24.3. The smallest absolute Gasteiger partial charge is 0.287 e. The van der Waals surface area contributed by atoms with Gasteiger partial charge in [-0.15, -0.1) is 0 Å². The van der Waals surface area contributed by atoms with Crippen LogP contribution in [0, 0.1) is 0 Å². The minimum absolute atomic E-state index is 0.172. The molecule has 0 spiro atoms. The average molecular weight is 696 g/mol. The Morgan fingerprint density at radius 2 is 1.78 bits per heavy atom. The molecule has 1 N–H and O–H groups in total. The van der Waals surface area contributed by atoms with Crippen LogP contribution >= 0.6 is 11.6 Å². The fourth-order valence-corrected chi connectivity index (χ4v) is 7.01. The maximum absolute atomic E-state index is 14.1. The van der Waals surface area contributed by atoms with Crippen LogP contribution in [0.15, 0.2) is 94.7 Å². The van der Waals surface area contributed by atoms with Crippen LogP contribution in [-0.2, 0) is 22.6 Å². The summed E-state index contributed by atoms with van der Waals surface area (Å²) in [6.07, 6.45) is 6.62. The minimum atomic E-state index is -0.845. The van der Waals surface area contributed by atoms with Crippen molar-refractivity contribution < 1.29 is 23.5 Å². The van der Waals surface area contributed by atoms with E-state index in [9.17, 15) is 19.2 Å². The van der Waals surface area contributed by atoms with Gasteiger partial charge in [0.15, 0.2) is 11.2 Å². The molecule has 2 aliphatic heterocycles. The first-order valence-corrected chi connectivity index (χ1v) is 17.7. The van der Waals surface area contributed by atoms with Gasteiger partial charge in [-0.3, -0.25) is 19.2 Å². The monoisotopic (exact) mass is 695 g/mol. The molecule has 0 saturated carbocycles. The Morgan fingerprint density at radius 3 is 2.54 bits per heavy atom. The van der Waals surface area contributed by atoms with Gasteiger partial charge >= 0.3 is 0 Å². The standard InChI is InChI=1S/C40H42ClN3O6/c1-2-23-49-31-15-17-36-33(24-31)35(45)25-37(50-36)39(47)42-34(16-12-27-10-13-30(41)14-11-27)40(48)43-21-18-28(19-22-43)32-8-4-3-7-29(32)26-44-20-6-5-9-38(44)46/h2-4,7-8,10-11,13-15,17,24-25,28,34H,1,5-6,9,12,16,18-23,26H2,(H,42,47)/t34-/m1/s1. The average Bonchev–Trinajstić information content (AvgIpc) is 3.14. The molecule has 3 aromatic carbocycles. The molecule has 3 heterocycles. The Bertz CT molecular complexity index is 1910. The minimum Gasteiger partial charge on any atom is -0.490 e. The summed E-state index contributed by atoms with van der Waals surface area (Å²) in [7, 11) is 0. The Kier molecular flexibility index (Phi) is 11.3. The second-order valence-electron chi connectivity index (χ2n) is 13.0. The van der Waals surface area contributed by atoms with Crippen LogP contribution in [0.5, 0.6) is 5.75 Å². The first-order valence-electron chi connectivity index (χ1n) is 17.3. The predicted molar refractivity (Wildman–Crippen MR) is 193 cm³/mol. The first kappa shape index (κ1) is 35.0. The lowest BCUT2D eigenvalue weighted by atomic mass is 9.86. The second kappa shape index (κ2) is 16.2. The van der Waals surface area contributed by atoms with E-state index in [0.29, 0.717) is 49.7 Å². The van der Waals surface area contributed by atoms with Crippen molar-refractivity contribution in [2.24, 2.45) is 0 Å². The molecule has 0 aliphatic carbocycles. The van der Waals surface area contributed by atoms with E-state index in [1.54, 1.807) is 36.4 Å². The number of aryl methyl sites for hydroxylation is 1. The molecule has 10 heteroatoms. The number of benzene rings is 3. The van der Waals surface area contributed by atoms with E-state index in [0.717, 1.165) is 49.4 Å². The van der Waals surface area contributed by atoms with E-state index in [2.05, 4.69) is 24.0 Å². The highest BCUT2D eigenvalue weighted by atomic mass is 35.5. The summed E-state index contributed by atoms with van der Waals surface area (Å²) in [6.45, 7) is 6.39. The zero-order valence-corrected chi connectivity index (χ0v) is 28.8. The lowest BCUT2D eigenvalue weighted by Crippen LogP contribution is -2.51. The van der Waals surface area contributed by atoms with Crippen molar-refractivity contribution in [3.05, 3.63) is 123 Å². The third-order valence-corrected chi connectivity index (χ3v) is 9.86. The molecule has 0 unspecified atom stereocenters. The topological polar surface area (TPSA) is 109 Å². The summed E-state index contributed by atoms with van der Waals surface area (Å²) in [5.41, 5.74) is 3.23. The molecule has 9 nitrogen and oxygen atoms in total. The van der Waals surface area contributed by atoms with E-state index in [-0.39, 0.29) is 41.1 Å². The van der Waals surface area contributed by atoms with Crippen LogP contribution in [0.1, 0.15) is 71.7 Å². The number of nitrogens with one attached hydrogen (secondary N) is 1. The van der Waals surface area contributed by atoms with E-state index in [1.165, 1.54) is 5.56 Å². The van der Waals surface area contributed by atoms with Crippen LogP contribution in [-0.4, -0.2) is 59.8 Å². The molecule has 2 fully saturated rings. The highest BCUT2D eigenvalue weighted by Crippen LogP contribution is 2.32. The van der Waals surface area contributed by atoms with Gasteiger partial charge in [0, 0.05) is 43.7 Å².